The zero-order chi connectivity index (χ0) is 15.5. The Labute approximate surface area is 121 Å². The maximum absolute atomic E-state index is 13.4. The summed E-state index contributed by atoms with van der Waals surface area (Å²) >= 11 is 0. The number of halogens is 1. The fourth-order valence-corrected chi connectivity index (χ4v) is 4.08. The van der Waals surface area contributed by atoms with Crippen LogP contribution >= 0.6 is 0 Å². The molecule has 3 nitrogen and oxygen atoms in total. The van der Waals surface area contributed by atoms with E-state index < -0.39 is 15.8 Å². The average Bonchev–Trinajstić information content (AvgIpc) is 2.30. The van der Waals surface area contributed by atoms with Gasteiger partial charge < -0.3 is 0 Å². The largest absolute Gasteiger partial charge is 0.243 e. The Balaban J connectivity index is 3.24. The quantitative estimate of drug-likeness (QED) is 0.807. The number of hydrogen-bond donors (Lipinski definition) is 0. The Morgan fingerprint density at radius 2 is 1.60 bits per heavy atom. The molecule has 1 rings (SSSR count). The fraction of sp³-hybridized carbons (Fsp3) is 0.600. The zero-order valence-electron chi connectivity index (χ0n) is 12.9. The second-order valence-corrected chi connectivity index (χ2v) is 7.93. The van der Waals surface area contributed by atoms with Gasteiger partial charge in [-0.25, -0.2) is 12.8 Å². The smallest absolute Gasteiger partial charge is 0.207 e. The van der Waals surface area contributed by atoms with E-state index in [2.05, 4.69) is 0 Å². The van der Waals surface area contributed by atoms with Crippen molar-refractivity contribution in [3.63, 3.8) is 0 Å². The van der Waals surface area contributed by atoms with Gasteiger partial charge in [-0.3, -0.25) is 0 Å². The van der Waals surface area contributed by atoms with Crippen molar-refractivity contribution in [1.82, 2.24) is 4.31 Å². The van der Waals surface area contributed by atoms with E-state index in [1.165, 1.54) is 16.4 Å². The van der Waals surface area contributed by atoms with Crippen LogP contribution in [0.25, 0.3) is 0 Å². The molecule has 0 spiro atoms. The summed E-state index contributed by atoms with van der Waals surface area (Å²) in [7, 11) is -3.65. The molecule has 114 valence electrons. The van der Waals surface area contributed by atoms with Gasteiger partial charge >= 0.3 is 0 Å². The van der Waals surface area contributed by atoms with Crippen molar-refractivity contribution in [2.24, 2.45) is 11.8 Å². The van der Waals surface area contributed by atoms with Crippen LogP contribution in [0, 0.1) is 24.6 Å². The highest BCUT2D eigenvalue weighted by Gasteiger charge is 2.27. The molecule has 0 atom stereocenters. The number of hydrogen-bond acceptors (Lipinski definition) is 2. The highest BCUT2D eigenvalue weighted by Crippen LogP contribution is 2.22. The highest BCUT2D eigenvalue weighted by molar-refractivity contribution is 7.89. The molecule has 0 fully saturated rings. The number of rotatable bonds is 6. The molecule has 0 heterocycles. The summed E-state index contributed by atoms with van der Waals surface area (Å²) in [6.07, 6.45) is 0. The third-order valence-electron chi connectivity index (χ3n) is 2.91. The predicted octanol–water partition coefficient (Wildman–Crippen LogP) is 3.44. The lowest BCUT2D eigenvalue weighted by Crippen LogP contribution is -2.37. The zero-order valence-corrected chi connectivity index (χ0v) is 13.7. The van der Waals surface area contributed by atoms with Crippen molar-refractivity contribution in [3.8, 4) is 0 Å². The molecule has 0 aliphatic heterocycles. The van der Waals surface area contributed by atoms with Crippen molar-refractivity contribution in [2.75, 3.05) is 13.1 Å². The van der Waals surface area contributed by atoms with Gasteiger partial charge in [-0.2, -0.15) is 4.31 Å². The number of aryl methyl sites for hydroxylation is 1. The minimum absolute atomic E-state index is 0.0683. The summed E-state index contributed by atoms with van der Waals surface area (Å²) in [6.45, 7) is 10.5. The van der Waals surface area contributed by atoms with Gasteiger partial charge in [0.15, 0.2) is 0 Å². The van der Waals surface area contributed by atoms with Gasteiger partial charge in [0, 0.05) is 13.1 Å². The molecule has 0 saturated heterocycles. The monoisotopic (exact) mass is 301 g/mol. The normalized spacial score (nSPS) is 12.7. The molecule has 5 heteroatoms. The summed E-state index contributed by atoms with van der Waals surface area (Å²) in [5.74, 6) is -0.0852. The highest BCUT2D eigenvalue weighted by atomic mass is 32.2. The topological polar surface area (TPSA) is 37.4 Å². The Kier molecular flexibility index (Phi) is 5.71. The lowest BCUT2D eigenvalue weighted by Gasteiger charge is -2.26. The molecule has 0 aliphatic rings. The molecule has 0 saturated carbocycles. The van der Waals surface area contributed by atoms with E-state index in [0.717, 1.165) is 6.07 Å². The van der Waals surface area contributed by atoms with Crippen molar-refractivity contribution in [3.05, 3.63) is 29.6 Å². The second kappa shape index (κ2) is 6.68. The van der Waals surface area contributed by atoms with E-state index in [9.17, 15) is 12.8 Å². The van der Waals surface area contributed by atoms with Gasteiger partial charge in [0.1, 0.15) is 5.82 Å². The molecule has 0 aliphatic carbocycles. The fourth-order valence-electron chi connectivity index (χ4n) is 2.08. The van der Waals surface area contributed by atoms with Crippen LogP contribution < -0.4 is 0 Å². The first-order chi connectivity index (χ1) is 9.14. The number of sulfonamides is 1. The number of nitrogens with zero attached hydrogens (tertiary/aromatic N) is 1. The summed E-state index contributed by atoms with van der Waals surface area (Å²) in [5.41, 5.74) is 0.573. The molecular formula is C15H24FNO2S. The van der Waals surface area contributed by atoms with Gasteiger partial charge in [-0.05, 0) is 36.5 Å². The SMILES string of the molecule is Cc1ccc(F)cc1S(=O)(=O)N(CC(C)C)CC(C)C. The molecule has 0 amide bonds. The molecule has 0 aromatic heterocycles. The van der Waals surface area contributed by atoms with E-state index in [1.807, 2.05) is 27.7 Å². The minimum atomic E-state index is -3.65. The first kappa shape index (κ1) is 17.1. The molecular weight excluding hydrogens is 277 g/mol. The van der Waals surface area contributed by atoms with Crippen LogP contribution in [-0.2, 0) is 10.0 Å². The minimum Gasteiger partial charge on any atom is -0.207 e. The summed E-state index contributed by atoms with van der Waals surface area (Å²) in [5, 5.41) is 0. The van der Waals surface area contributed by atoms with Gasteiger partial charge in [0.25, 0.3) is 0 Å². The van der Waals surface area contributed by atoms with Crippen molar-refractivity contribution < 1.29 is 12.8 Å². The summed E-state index contributed by atoms with van der Waals surface area (Å²) in [4.78, 5) is 0.0683. The predicted molar refractivity (Wildman–Crippen MR) is 79.6 cm³/mol. The van der Waals surface area contributed by atoms with Crippen LogP contribution in [0.3, 0.4) is 0 Å². The van der Waals surface area contributed by atoms with E-state index in [4.69, 9.17) is 0 Å². The third kappa shape index (κ3) is 4.28. The molecule has 1 aromatic carbocycles. The first-order valence-electron chi connectivity index (χ1n) is 6.91. The molecule has 0 N–H and O–H groups in total. The molecule has 0 radical (unpaired) electrons. The van der Waals surface area contributed by atoms with E-state index >= 15 is 0 Å². The van der Waals surface area contributed by atoms with E-state index in [1.54, 1.807) is 6.92 Å². The van der Waals surface area contributed by atoms with Crippen LogP contribution in [0.5, 0.6) is 0 Å². The number of benzene rings is 1. The standard InChI is InChI=1S/C15H24FNO2S/c1-11(2)9-17(10-12(3)4)20(18,19)15-8-14(16)7-6-13(15)5/h6-8,11-12H,9-10H2,1-5H3. The molecule has 1 aromatic rings. The van der Waals surface area contributed by atoms with Crippen LogP contribution in [-0.4, -0.2) is 25.8 Å². The van der Waals surface area contributed by atoms with Gasteiger partial charge in [0.2, 0.25) is 10.0 Å². The Bertz CT molecular complexity index is 543. The molecule has 20 heavy (non-hydrogen) atoms. The van der Waals surface area contributed by atoms with Crippen LogP contribution in [0.2, 0.25) is 0 Å². The van der Waals surface area contributed by atoms with E-state index in [-0.39, 0.29) is 16.7 Å². The Hall–Kier alpha value is -0.940. The average molecular weight is 301 g/mol. The summed E-state index contributed by atoms with van der Waals surface area (Å²) < 4.78 is 40.3. The van der Waals surface area contributed by atoms with Gasteiger partial charge in [-0.15, -0.1) is 0 Å². The Morgan fingerprint density at radius 1 is 1.10 bits per heavy atom. The third-order valence-corrected chi connectivity index (χ3v) is 4.88. The maximum Gasteiger partial charge on any atom is 0.243 e. The van der Waals surface area contributed by atoms with E-state index in [0.29, 0.717) is 18.7 Å². The lowest BCUT2D eigenvalue weighted by molar-refractivity contribution is 0.333. The second-order valence-electron chi connectivity index (χ2n) is 6.02. The molecule has 0 bridgehead atoms. The lowest BCUT2D eigenvalue weighted by atomic mass is 10.2. The van der Waals surface area contributed by atoms with Gasteiger partial charge in [0.05, 0.1) is 4.90 Å². The first-order valence-corrected chi connectivity index (χ1v) is 8.35. The van der Waals surface area contributed by atoms with Crippen molar-refractivity contribution in [1.29, 1.82) is 0 Å². The summed E-state index contributed by atoms with van der Waals surface area (Å²) in [6, 6.07) is 3.90. The Morgan fingerprint density at radius 3 is 2.05 bits per heavy atom. The van der Waals surface area contributed by atoms with Crippen LogP contribution in [0.4, 0.5) is 4.39 Å². The van der Waals surface area contributed by atoms with Gasteiger partial charge in [-0.1, -0.05) is 33.8 Å². The van der Waals surface area contributed by atoms with Crippen molar-refractivity contribution >= 4 is 10.0 Å². The molecule has 0 unspecified atom stereocenters. The maximum atomic E-state index is 13.4. The van der Waals surface area contributed by atoms with Crippen LogP contribution in [0.15, 0.2) is 23.1 Å². The van der Waals surface area contributed by atoms with Crippen LogP contribution in [0.1, 0.15) is 33.3 Å². The van der Waals surface area contributed by atoms with Crippen molar-refractivity contribution in [2.45, 2.75) is 39.5 Å².